The van der Waals surface area contributed by atoms with Crippen molar-refractivity contribution < 1.29 is 4.79 Å². The van der Waals surface area contributed by atoms with Gasteiger partial charge in [-0.05, 0) is 30.2 Å². The van der Waals surface area contributed by atoms with E-state index in [0.717, 1.165) is 32.5 Å². The standard InChI is InChI=1S/C16H32N2O/c1-7-17-13(15(2,3)4)12-18-11-10-16(5,6)9-8-14(18)19/h13,17H,7-12H2,1-6H3. The lowest BCUT2D eigenvalue weighted by molar-refractivity contribution is -0.131. The van der Waals surface area contributed by atoms with Crippen LogP contribution in [0.25, 0.3) is 0 Å². The van der Waals surface area contributed by atoms with Crippen molar-refractivity contribution in [2.75, 3.05) is 19.6 Å². The van der Waals surface area contributed by atoms with Crippen molar-refractivity contribution in [2.24, 2.45) is 10.8 Å². The summed E-state index contributed by atoms with van der Waals surface area (Å²) in [4.78, 5) is 14.3. The Morgan fingerprint density at radius 1 is 1.32 bits per heavy atom. The van der Waals surface area contributed by atoms with Crippen LogP contribution in [0.15, 0.2) is 0 Å². The Labute approximate surface area is 119 Å². The van der Waals surface area contributed by atoms with Crippen molar-refractivity contribution in [3.63, 3.8) is 0 Å². The average molecular weight is 268 g/mol. The van der Waals surface area contributed by atoms with Gasteiger partial charge in [-0.1, -0.05) is 41.5 Å². The van der Waals surface area contributed by atoms with E-state index < -0.39 is 0 Å². The Kier molecular flexibility index (Phi) is 5.43. The molecule has 0 aromatic rings. The highest BCUT2D eigenvalue weighted by molar-refractivity contribution is 5.76. The molecule has 19 heavy (non-hydrogen) atoms. The summed E-state index contributed by atoms with van der Waals surface area (Å²) < 4.78 is 0. The summed E-state index contributed by atoms with van der Waals surface area (Å²) >= 11 is 0. The molecule has 1 rings (SSSR count). The van der Waals surface area contributed by atoms with E-state index in [9.17, 15) is 4.79 Å². The Balaban J connectivity index is 2.70. The van der Waals surface area contributed by atoms with Gasteiger partial charge in [0.05, 0.1) is 0 Å². The number of likely N-dealkylation sites (tertiary alicyclic amines) is 1. The molecule has 1 aliphatic rings. The third-order valence-electron chi connectivity index (χ3n) is 4.33. The molecule has 0 aromatic carbocycles. The van der Waals surface area contributed by atoms with Crippen molar-refractivity contribution in [2.45, 2.75) is 66.8 Å². The van der Waals surface area contributed by atoms with E-state index in [0.29, 0.717) is 23.8 Å². The maximum Gasteiger partial charge on any atom is 0.222 e. The van der Waals surface area contributed by atoms with Crippen LogP contribution in [0.3, 0.4) is 0 Å². The SMILES string of the molecule is CCNC(CN1CCC(C)(C)CCC1=O)C(C)(C)C. The van der Waals surface area contributed by atoms with E-state index in [1.54, 1.807) is 0 Å². The predicted molar refractivity (Wildman–Crippen MR) is 81.1 cm³/mol. The maximum absolute atomic E-state index is 12.3. The van der Waals surface area contributed by atoms with Gasteiger partial charge in [-0.15, -0.1) is 0 Å². The van der Waals surface area contributed by atoms with Crippen LogP contribution in [0.4, 0.5) is 0 Å². The number of carbonyl (C=O) groups is 1. The number of rotatable bonds is 4. The summed E-state index contributed by atoms with van der Waals surface area (Å²) in [5.41, 5.74) is 0.484. The summed E-state index contributed by atoms with van der Waals surface area (Å²) in [5.74, 6) is 0.331. The van der Waals surface area contributed by atoms with Gasteiger partial charge in [0.25, 0.3) is 0 Å². The molecule has 0 aliphatic carbocycles. The summed E-state index contributed by atoms with van der Waals surface area (Å²) in [6, 6.07) is 0.364. The molecule has 3 nitrogen and oxygen atoms in total. The predicted octanol–water partition coefficient (Wildman–Crippen LogP) is 3.05. The molecule has 0 spiro atoms. The zero-order chi connectivity index (χ0) is 14.7. The Bertz CT molecular complexity index is 304. The van der Waals surface area contributed by atoms with Gasteiger partial charge in [-0.25, -0.2) is 0 Å². The minimum atomic E-state index is 0.179. The highest BCUT2D eigenvalue weighted by Crippen LogP contribution is 2.31. The quantitative estimate of drug-likeness (QED) is 0.850. The average Bonchev–Trinajstić information content (AvgIpc) is 2.40. The van der Waals surface area contributed by atoms with Gasteiger partial charge in [-0.3, -0.25) is 4.79 Å². The highest BCUT2D eigenvalue weighted by Gasteiger charge is 2.31. The van der Waals surface area contributed by atoms with Gasteiger partial charge < -0.3 is 10.2 Å². The first kappa shape index (κ1) is 16.5. The van der Waals surface area contributed by atoms with Gasteiger partial charge >= 0.3 is 0 Å². The lowest BCUT2D eigenvalue weighted by Crippen LogP contribution is -2.50. The van der Waals surface area contributed by atoms with Crippen LogP contribution in [0.2, 0.25) is 0 Å². The minimum Gasteiger partial charge on any atom is -0.341 e. The molecule has 3 heteroatoms. The first-order valence-corrected chi connectivity index (χ1v) is 7.67. The number of carbonyl (C=O) groups excluding carboxylic acids is 1. The summed E-state index contributed by atoms with van der Waals surface area (Å²) in [6.07, 6.45) is 2.83. The van der Waals surface area contributed by atoms with Crippen LogP contribution in [-0.2, 0) is 4.79 Å². The Morgan fingerprint density at radius 2 is 1.95 bits per heavy atom. The fourth-order valence-electron chi connectivity index (χ4n) is 2.60. The lowest BCUT2D eigenvalue weighted by atomic mass is 9.85. The van der Waals surface area contributed by atoms with E-state index in [1.165, 1.54) is 0 Å². The molecule has 112 valence electrons. The molecule has 1 N–H and O–H groups in total. The Hall–Kier alpha value is -0.570. The first-order valence-electron chi connectivity index (χ1n) is 7.67. The summed E-state index contributed by atoms with van der Waals surface area (Å²) in [5, 5.41) is 3.54. The van der Waals surface area contributed by atoms with Crippen LogP contribution < -0.4 is 5.32 Å². The monoisotopic (exact) mass is 268 g/mol. The zero-order valence-electron chi connectivity index (χ0n) is 13.7. The van der Waals surface area contributed by atoms with Gasteiger partial charge in [0.15, 0.2) is 0 Å². The maximum atomic E-state index is 12.3. The fourth-order valence-corrected chi connectivity index (χ4v) is 2.60. The molecule has 0 radical (unpaired) electrons. The van der Waals surface area contributed by atoms with Gasteiger partial charge in [0, 0.05) is 25.6 Å². The molecule has 0 aromatic heterocycles. The van der Waals surface area contributed by atoms with Crippen LogP contribution in [0.1, 0.15) is 60.8 Å². The largest absolute Gasteiger partial charge is 0.341 e. The number of nitrogens with one attached hydrogen (secondary N) is 1. The molecule has 1 fully saturated rings. The van der Waals surface area contributed by atoms with Crippen molar-refractivity contribution >= 4 is 5.91 Å². The van der Waals surface area contributed by atoms with Crippen LogP contribution in [0.5, 0.6) is 0 Å². The molecule has 1 heterocycles. The lowest BCUT2D eigenvalue weighted by Gasteiger charge is -2.36. The van der Waals surface area contributed by atoms with Crippen LogP contribution in [0, 0.1) is 10.8 Å². The Morgan fingerprint density at radius 3 is 2.47 bits per heavy atom. The molecular formula is C16H32N2O. The van der Waals surface area contributed by atoms with Crippen LogP contribution >= 0.6 is 0 Å². The number of nitrogens with zero attached hydrogens (tertiary/aromatic N) is 1. The third kappa shape index (κ3) is 5.13. The van der Waals surface area contributed by atoms with E-state index in [2.05, 4.69) is 51.8 Å². The molecule has 1 unspecified atom stereocenters. The third-order valence-corrected chi connectivity index (χ3v) is 4.33. The van der Waals surface area contributed by atoms with Gasteiger partial charge in [0.2, 0.25) is 5.91 Å². The van der Waals surface area contributed by atoms with Crippen molar-refractivity contribution in [3.8, 4) is 0 Å². The van der Waals surface area contributed by atoms with Gasteiger partial charge in [0.1, 0.15) is 0 Å². The normalized spacial score (nSPS) is 22.2. The molecule has 0 bridgehead atoms. The molecule has 1 saturated heterocycles. The zero-order valence-corrected chi connectivity index (χ0v) is 13.7. The van der Waals surface area contributed by atoms with E-state index >= 15 is 0 Å². The van der Waals surface area contributed by atoms with Gasteiger partial charge in [-0.2, -0.15) is 0 Å². The summed E-state index contributed by atoms with van der Waals surface area (Å²) in [7, 11) is 0. The number of amides is 1. The molecule has 1 aliphatic heterocycles. The van der Waals surface area contributed by atoms with Crippen molar-refractivity contribution in [1.82, 2.24) is 10.2 Å². The molecular weight excluding hydrogens is 236 g/mol. The second kappa shape index (κ2) is 6.25. The molecule has 1 atom stereocenters. The number of likely N-dealkylation sites (N-methyl/N-ethyl adjacent to an activating group) is 1. The first-order chi connectivity index (χ1) is 8.65. The number of hydrogen-bond acceptors (Lipinski definition) is 2. The second-order valence-corrected chi connectivity index (χ2v) is 7.73. The van der Waals surface area contributed by atoms with E-state index in [4.69, 9.17) is 0 Å². The summed E-state index contributed by atoms with van der Waals surface area (Å²) in [6.45, 7) is 16.1. The number of hydrogen-bond donors (Lipinski definition) is 1. The van der Waals surface area contributed by atoms with Crippen LogP contribution in [-0.4, -0.2) is 36.5 Å². The minimum absolute atomic E-state index is 0.179. The van der Waals surface area contributed by atoms with E-state index in [1.807, 2.05) is 0 Å². The molecule has 1 amide bonds. The topological polar surface area (TPSA) is 32.3 Å². The highest BCUT2D eigenvalue weighted by atomic mass is 16.2. The van der Waals surface area contributed by atoms with E-state index in [-0.39, 0.29) is 5.41 Å². The van der Waals surface area contributed by atoms with Crippen molar-refractivity contribution in [1.29, 1.82) is 0 Å². The smallest absolute Gasteiger partial charge is 0.222 e. The second-order valence-electron chi connectivity index (χ2n) is 7.73. The van der Waals surface area contributed by atoms with Crippen molar-refractivity contribution in [3.05, 3.63) is 0 Å². The molecule has 0 saturated carbocycles. The fraction of sp³-hybridized carbons (Fsp3) is 0.938.